The molecule has 0 saturated heterocycles. The van der Waals surface area contributed by atoms with Gasteiger partial charge in [-0.3, -0.25) is 14.5 Å². The first-order valence-electron chi connectivity index (χ1n) is 6.85. The van der Waals surface area contributed by atoms with Crippen LogP contribution in [0.5, 0.6) is 0 Å². The summed E-state index contributed by atoms with van der Waals surface area (Å²) in [5.41, 5.74) is 5.85. The number of rotatable bonds is 8. The van der Waals surface area contributed by atoms with Crippen LogP contribution in [0.15, 0.2) is 18.2 Å². The predicted octanol–water partition coefficient (Wildman–Crippen LogP) is 2.00. The molecule has 1 rings (SSSR count). The van der Waals surface area contributed by atoms with Crippen molar-refractivity contribution in [1.82, 2.24) is 4.90 Å². The van der Waals surface area contributed by atoms with Crippen LogP contribution < -0.4 is 5.73 Å². The smallest absolute Gasteiger partial charge is 0.303 e. The third kappa shape index (κ3) is 5.51. The highest BCUT2D eigenvalue weighted by atomic mass is 19.1. The first-order chi connectivity index (χ1) is 9.81. The summed E-state index contributed by atoms with van der Waals surface area (Å²) in [5, 5.41) is 8.67. The van der Waals surface area contributed by atoms with Crippen molar-refractivity contribution in [2.24, 2.45) is 5.73 Å². The van der Waals surface area contributed by atoms with Gasteiger partial charge in [0.2, 0.25) is 5.91 Å². The minimum atomic E-state index is -0.847. The number of carboxylic acid groups (broad SMARTS) is 1. The number of nitrogens with zero attached hydrogens (tertiary/aromatic N) is 1. The molecule has 0 heterocycles. The van der Waals surface area contributed by atoms with Crippen molar-refractivity contribution in [2.45, 2.75) is 39.3 Å². The lowest BCUT2D eigenvalue weighted by atomic mass is 10.1. The topological polar surface area (TPSA) is 83.6 Å². The Labute approximate surface area is 123 Å². The van der Waals surface area contributed by atoms with E-state index in [-0.39, 0.29) is 18.0 Å². The molecule has 0 unspecified atom stereocenters. The Hall–Kier alpha value is -1.95. The van der Waals surface area contributed by atoms with Crippen LogP contribution in [0.3, 0.4) is 0 Å². The summed E-state index contributed by atoms with van der Waals surface area (Å²) in [7, 11) is 0. The highest BCUT2D eigenvalue weighted by molar-refractivity contribution is 5.92. The molecular formula is C15H21FN2O3. The van der Waals surface area contributed by atoms with Crippen LogP contribution in [-0.4, -0.2) is 34.5 Å². The van der Waals surface area contributed by atoms with Crippen LogP contribution in [-0.2, 0) is 11.3 Å². The van der Waals surface area contributed by atoms with Gasteiger partial charge in [0, 0.05) is 30.1 Å². The lowest BCUT2D eigenvalue weighted by molar-refractivity contribution is -0.137. The van der Waals surface area contributed by atoms with E-state index in [9.17, 15) is 14.0 Å². The van der Waals surface area contributed by atoms with Crippen LogP contribution in [0.1, 0.15) is 42.6 Å². The number of primary amides is 1. The van der Waals surface area contributed by atoms with Gasteiger partial charge in [-0.25, -0.2) is 4.39 Å². The minimum absolute atomic E-state index is 0.0764. The van der Waals surface area contributed by atoms with Gasteiger partial charge < -0.3 is 10.8 Å². The maximum Gasteiger partial charge on any atom is 0.303 e. The number of carboxylic acids is 1. The third-order valence-corrected chi connectivity index (χ3v) is 3.27. The molecule has 1 amide bonds. The molecule has 0 radical (unpaired) electrons. The van der Waals surface area contributed by atoms with E-state index < -0.39 is 17.7 Å². The van der Waals surface area contributed by atoms with E-state index >= 15 is 0 Å². The zero-order valence-electron chi connectivity index (χ0n) is 12.3. The van der Waals surface area contributed by atoms with Crippen LogP contribution in [0.2, 0.25) is 0 Å². The molecule has 6 heteroatoms. The molecule has 0 saturated carbocycles. The molecule has 0 aliphatic carbocycles. The second-order valence-electron chi connectivity index (χ2n) is 5.23. The third-order valence-electron chi connectivity index (χ3n) is 3.27. The van der Waals surface area contributed by atoms with E-state index in [1.165, 1.54) is 18.2 Å². The van der Waals surface area contributed by atoms with Gasteiger partial charge in [0.1, 0.15) is 5.82 Å². The van der Waals surface area contributed by atoms with E-state index in [0.717, 1.165) is 0 Å². The van der Waals surface area contributed by atoms with Crippen molar-refractivity contribution in [2.75, 3.05) is 6.54 Å². The zero-order chi connectivity index (χ0) is 16.0. The molecule has 0 fully saturated rings. The van der Waals surface area contributed by atoms with Gasteiger partial charge in [0.15, 0.2) is 0 Å². The Morgan fingerprint density at radius 1 is 1.38 bits per heavy atom. The number of nitrogens with two attached hydrogens (primary N) is 1. The Morgan fingerprint density at radius 2 is 2.05 bits per heavy atom. The fourth-order valence-corrected chi connectivity index (χ4v) is 2.02. The van der Waals surface area contributed by atoms with Crippen molar-refractivity contribution in [3.8, 4) is 0 Å². The molecule has 0 aliphatic heterocycles. The molecule has 1 aromatic carbocycles. The van der Waals surface area contributed by atoms with Crippen molar-refractivity contribution in [3.05, 3.63) is 35.1 Å². The van der Waals surface area contributed by atoms with Crippen molar-refractivity contribution >= 4 is 11.9 Å². The van der Waals surface area contributed by atoms with Crippen molar-refractivity contribution < 1.29 is 19.1 Å². The molecule has 21 heavy (non-hydrogen) atoms. The molecule has 0 aliphatic rings. The maximum absolute atomic E-state index is 13.8. The van der Waals surface area contributed by atoms with E-state index in [0.29, 0.717) is 25.1 Å². The van der Waals surface area contributed by atoms with Crippen LogP contribution in [0.25, 0.3) is 0 Å². The number of halogens is 1. The highest BCUT2D eigenvalue weighted by Gasteiger charge is 2.14. The van der Waals surface area contributed by atoms with Gasteiger partial charge in [-0.15, -0.1) is 0 Å². The largest absolute Gasteiger partial charge is 0.481 e. The zero-order valence-corrected chi connectivity index (χ0v) is 12.3. The Morgan fingerprint density at radius 3 is 2.57 bits per heavy atom. The molecule has 0 aromatic heterocycles. The summed E-state index contributed by atoms with van der Waals surface area (Å²) >= 11 is 0. The molecule has 1 aromatic rings. The average Bonchev–Trinajstić information content (AvgIpc) is 2.38. The van der Waals surface area contributed by atoms with Gasteiger partial charge in [0.05, 0.1) is 0 Å². The number of benzene rings is 1. The fourth-order valence-electron chi connectivity index (χ4n) is 2.02. The standard InChI is InChI=1S/C15H21FN2O3/c1-10(2)18(7-3-4-14(19)20)9-12-8-11(15(17)21)5-6-13(12)16/h5-6,8,10H,3-4,7,9H2,1-2H3,(H2,17,21)(H,19,20). The van der Waals surface area contributed by atoms with Gasteiger partial charge in [-0.1, -0.05) is 0 Å². The summed E-state index contributed by atoms with van der Waals surface area (Å²) < 4.78 is 13.8. The molecule has 0 spiro atoms. The first kappa shape index (κ1) is 17.1. The van der Waals surface area contributed by atoms with Crippen LogP contribution >= 0.6 is 0 Å². The minimum Gasteiger partial charge on any atom is -0.481 e. The van der Waals surface area contributed by atoms with Crippen molar-refractivity contribution in [3.63, 3.8) is 0 Å². The maximum atomic E-state index is 13.8. The molecule has 116 valence electrons. The molecule has 0 atom stereocenters. The summed E-state index contributed by atoms with van der Waals surface area (Å²) in [6.45, 7) is 4.77. The lowest BCUT2D eigenvalue weighted by Gasteiger charge is -2.26. The number of aliphatic carboxylic acids is 1. The second kappa shape index (κ2) is 7.73. The van der Waals surface area contributed by atoms with Crippen LogP contribution in [0.4, 0.5) is 4.39 Å². The first-order valence-corrected chi connectivity index (χ1v) is 6.85. The van der Waals surface area contributed by atoms with Gasteiger partial charge in [-0.05, 0) is 45.0 Å². The van der Waals surface area contributed by atoms with E-state index in [4.69, 9.17) is 10.8 Å². The second-order valence-corrected chi connectivity index (χ2v) is 5.23. The SMILES string of the molecule is CC(C)N(CCCC(=O)O)Cc1cc(C(N)=O)ccc1F. The fraction of sp³-hybridized carbons (Fsp3) is 0.467. The van der Waals surface area contributed by atoms with Gasteiger partial charge in [-0.2, -0.15) is 0 Å². The summed E-state index contributed by atoms with van der Waals surface area (Å²) in [6.07, 6.45) is 0.567. The number of amides is 1. The summed E-state index contributed by atoms with van der Waals surface area (Å²) in [5.74, 6) is -1.84. The van der Waals surface area contributed by atoms with E-state index in [2.05, 4.69) is 0 Å². The number of hydrogen-bond acceptors (Lipinski definition) is 3. The average molecular weight is 296 g/mol. The lowest BCUT2D eigenvalue weighted by Crippen LogP contribution is -2.32. The van der Waals surface area contributed by atoms with Crippen LogP contribution in [0, 0.1) is 5.82 Å². The number of carbonyl (C=O) groups excluding carboxylic acids is 1. The quantitative estimate of drug-likeness (QED) is 0.768. The number of hydrogen-bond donors (Lipinski definition) is 2. The Bertz CT molecular complexity index is 518. The van der Waals surface area contributed by atoms with Gasteiger partial charge >= 0.3 is 5.97 Å². The highest BCUT2D eigenvalue weighted by Crippen LogP contribution is 2.15. The summed E-state index contributed by atoms with van der Waals surface area (Å²) in [6, 6.07) is 4.16. The molecular weight excluding hydrogens is 275 g/mol. The monoisotopic (exact) mass is 296 g/mol. The van der Waals surface area contributed by atoms with Crippen molar-refractivity contribution in [1.29, 1.82) is 0 Å². The molecule has 0 bridgehead atoms. The Kier molecular flexibility index (Phi) is 6.30. The van der Waals surface area contributed by atoms with Gasteiger partial charge in [0.25, 0.3) is 0 Å². The Balaban J connectivity index is 2.80. The van der Waals surface area contributed by atoms with E-state index in [1.807, 2.05) is 18.7 Å². The molecule has 3 N–H and O–H groups in total. The number of carbonyl (C=O) groups is 2. The normalized spacial score (nSPS) is 11.1. The van der Waals surface area contributed by atoms with E-state index in [1.54, 1.807) is 0 Å². The molecule has 5 nitrogen and oxygen atoms in total. The summed E-state index contributed by atoms with van der Waals surface area (Å²) in [4.78, 5) is 23.7. The predicted molar refractivity (Wildman–Crippen MR) is 77.3 cm³/mol.